The molecule has 20 atom stereocenters. The van der Waals surface area contributed by atoms with Crippen LogP contribution >= 0.6 is 0 Å². The molecule has 4 N–H and O–H groups in total. The van der Waals surface area contributed by atoms with E-state index in [1.807, 2.05) is 0 Å². The van der Waals surface area contributed by atoms with E-state index < -0.39 is 6.10 Å². The Bertz CT molecular complexity index is 1190. The zero-order valence-electron chi connectivity index (χ0n) is 36.7. The zero-order chi connectivity index (χ0) is 40.0. The van der Waals surface area contributed by atoms with E-state index in [1.165, 1.54) is 0 Å². The van der Waals surface area contributed by atoms with Crippen molar-refractivity contribution in [1.29, 1.82) is 0 Å². The number of hydrogen-bond donors (Lipinski definition) is 4. The molecule has 0 bridgehead atoms. The molecule has 0 saturated heterocycles. The van der Waals surface area contributed by atoms with E-state index in [0.29, 0.717) is 90.9 Å². The molecular weight excluding hydrogens is 1150 g/mol. The van der Waals surface area contributed by atoms with E-state index in [9.17, 15) is 20.4 Å². The third-order valence-corrected chi connectivity index (χ3v) is 15.1. The van der Waals surface area contributed by atoms with Crippen molar-refractivity contribution < 1.29 is 124 Å². The van der Waals surface area contributed by atoms with Crippen LogP contribution in [0.15, 0.2) is 25.0 Å². The van der Waals surface area contributed by atoms with Crippen LogP contribution in [0.2, 0.25) is 0 Å². The van der Waals surface area contributed by atoms with Crippen molar-refractivity contribution in [2.24, 2.45) is 82.9 Å². The first-order valence-corrected chi connectivity index (χ1v) is 21.3. The van der Waals surface area contributed by atoms with Crippen molar-refractivity contribution in [2.45, 2.75) is 138 Å². The van der Waals surface area contributed by atoms with Gasteiger partial charge in [-0.3, -0.25) is 0 Å². The van der Waals surface area contributed by atoms with E-state index >= 15 is 0 Å². The predicted octanol–water partition coefficient (Wildman–Crippen LogP) is 6.99. The molecule has 10 nitrogen and oxygen atoms in total. The second-order valence-corrected chi connectivity index (χ2v) is 18.8. The van der Waals surface area contributed by atoms with Gasteiger partial charge in [0.15, 0.2) is 0 Å². The molecule has 5 fully saturated rings. The van der Waals surface area contributed by atoms with Crippen molar-refractivity contribution >= 4 is 0 Å². The van der Waals surface area contributed by atoms with Crippen molar-refractivity contribution in [3.05, 3.63) is 25.0 Å². The average Bonchev–Trinajstić information content (AvgIpc) is 3.81. The minimum absolute atomic E-state index is 0. The first-order chi connectivity index (χ1) is 25.4. The molecule has 0 aromatic carbocycles. The average molecular weight is 1220 g/mol. The van der Waals surface area contributed by atoms with Gasteiger partial charge in [-0.25, -0.2) is 0 Å². The van der Waals surface area contributed by atoms with Gasteiger partial charge in [-0.15, -0.1) is 0 Å². The Hall–Kier alpha value is 0.921. The summed E-state index contributed by atoms with van der Waals surface area (Å²) in [5.74, 6) is 5.60. The van der Waals surface area contributed by atoms with Gasteiger partial charge < -0.3 is 48.8 Å². The van der Waals surface area contributed by atoms with Crippen LogP contribution < -0.4 is 0 Å². The quantitative estimate of drug-likeness (QED) is 0.0728. The molecule has 57 heavy (non-hydrogen) atoms. The van der Waals surface area contributed by atoms with Gasteiger partial charge in [0, 0.05) is 105 Å². The summed E-state index contributed by atoms with van der Waals surface area (Å²) in [6, 6.07) is 0. The fourth-order valence-corrected chi connectivity index (χ4v) is 10.2. The van der Waals surface area contributed by atoms with E-state index in [1.54, 1.807) is 0 Å². The molecule has 1 radical (unpaired) electrons. The predicted molar refractivity (Wildman–Crippen MR) is 209 cm³/mol. The van der Waals surface area contributed by atoms with Gasteiger partial charge >= 0.3 is 0 Å². The van der Waals surface area contributed by atoms with Crippen LogP contribution in [0.5, 0.6) is 0 Å². The molecular formula is C44H78O10W2Y. The third-order valence-electron chi connectivity index (χ3n) is 15.1. The van der Waals surface area contributed by atoms with Crippen LogP contribution in [-0.4, -0.2) is 90.3 Å². The summed E-state index contributed by atoms with van der Waals surface area (Å²) >= 11 is 0. The molecule has 20 unspecified atom stereocenters. The first-order valence-electron chi connectivity index (χ1n) is 21.3. The molecule has 5 saturated carbocycles. The Morgan fingerprint density at radius 1 is 0.509 bits per heavy atom. The van der Waals surface area contributed by atoms with Crippen molar-refractivity contribution in [3.8, 4) is 0 Å². The summed E-state index contributed by atoms with van der Waals surface area (Å²) in [6.45, 7) is 31.3. The third kappa shape index (κ3) is 14.7. The smallest absolute Gasteiger partial charge is 0.271 e. The van der Waals surface area contributed by atoms with Gasteiger partial charge in [0.1, 0.15) is 19.0 Å². The summed E-state index contributed by atoms with van der Waals surface area (Å²) < 4.78 is 35.3. The maximum absolute atomic E-state index is 10.4. The van der Waals surface area contributed by atoms with Crippen LogP contribution in [0.1, 0.15) is 101 Å². The Morgan fingerprint density at radius 3 is 1.26 bits per heavy atom. The normalized spacial score (nSPS) is 43.5. The van der Waals surface area contributed by atoms with Crippen LogP contribution in [0.25, 0.3) is 0 Å². The second kappa shape index (κ2) is 25.9. The van der Waals surface area contributed by atoms with Gasteiger partial charge in [0.25, 0.3) is 11.9 Å². The molecule has 0 aromatic rings. The standard InChI is InChI=1S/C26H46O6.C18H32O4.2W.Y/c1-14-8-21(24(28)17(14)4)12-30-20(7)32-25-18(5)15(2)9-22(25)11-29-13-31-26-19(6)16(3)10-23(26)27;1-10-7-16(17(20)12(10)3)9-21-14(5)22-18-13(4)11(2)6-15(18)8-19;;;/h14-19,21-28H,7-13H2,1-6H3;10-13,15-20H,5-9H2,1-4H3;;;. The van der Waals surface area contributed by atoms with Gasteiger partial charge in [-0.1, -0.05) is 69.2 Å². The summed E-state index contributed by atoms with van der Waals surface area (Å²) in [4.78, 5) is 0. The van der Waals surface area contributed by atoms with Crippen molar-refractivity contribution in [3.63, 3.8) is 0 Å². The van der Waals surface area contributed by atoms with Crippen LogP contribution in [0.3, 0.4) is 0 Å². The SMILES string of the molecule is C=C(OCC1CC(C)C(C)C1O)OC1C(CO)CC(C)C1C.C=C(OCC1CC(C)C(C)C1O)OC1C(COCOC2C(O)CC(C)C2C)CC(C)C1C.[W].[W].[Y]. The van der Waals surface area contributed by atoms with Crippen LogP contribution in [-0.2, 0) is 103 Å². The molecule has 329 valence electrons. The first kappa shape index (κ1) is 55.9. The number of rotatable bonds is 16. The summed E-state index contributed by atoms with van der Waals surface area (Å²) in [7, 11) is 0. The Morgan fingerprint density at radius 2 is 0.877 bits per heavy atom. The van der Waals surface area contributed by atoms with Crippen molar-refractivity contribution in [1.82, 2.24) is 0 Å². The minimum Gasteiger partial charge on any atom is -0.465 e. The molecule has 5 aliphatic rings. The fourth-order valence-electron chi connectivity index (χ4n) is 10.2. The topological polar surface area (TPSA) is 136 Å². The van der Waals surface area contributed by atoms with E-state index in [0.717, 1.165) is 32.1 Å². The maximum atomic E-state index is 10.4. The number of hydrogen-bond acceptors (Lipinski definition) is 10. The Labute approximate surface area is 399 Å². The van der Waals surface area contributed by atoms with Crippen LogP contribution in [0, 0.1) is 82.9 Å². The monoisotopic (exact) mass is 1220 g/mol. The molecule has 0 aliphatic heterocycles. The summed E-state index contributed by atoms with van der Waals surface area (Å²) in [6.07, 6.45) is 3.50. The second-order valence-electron chi connectivity index (χ2n) is 18.8. The Kier molecular flexibility index (Phi) is 25.4. The van der Waals surface area contributed by atoms with Gasteiger partial charge in [0.2, 0.25) is 0 Å². The number of aliphatic hydroxyl groups is 4. The van der Waals surface area contributed by atoms with E-state index in [-0.39, 0.29) is 142 Å². The number of ether oxygens (including phenoxy) is 6. The molecule has 5 aliphatic carbocycles. The van der Waals surface area contributed by atoms with Crippen molar-refractivity contribution in [2.75, 3.05) is 33.2 Å². The van der Waals surface area contributed by atoms with E-state index in [2.05, 4.69) is 82.4 Å². The van der Waals surface area contributed by atoms with Gasteiger partial charge in [-0.2, -0.15) is 0 Å². The molecule has 13 heteroatoms. The molecule has 0 aromatic heterocycles. The largest absolute Gasteiger partial charge is 0.465 e. The molecule has 0 spiro atoms. The molecule has 5 rings (SSSR count). The molecule has 0 amide bonds. The number of aliphatic hydroxyl groups excluding tert-OH is 4. The maximum Gasteiger partial charge on any atom is 0.271 e. The zero-order valence-corrected chi connectivity index (χ0v) is 45.4. The van der Waals surface area contributed by atoms with Crippen LogP contribution in [0.4, 0.5) is 0 Å². The summed E-state index contributed by atoms with van der Waals surface area (Å²) in [5, 5.41) is 40.3. The van der Waals surface area contributed by atoms with Gasteiger partial charge in [-0.05, 0) is 104 Å². The summed E-state index contributed by atoms with van der Waals surface area (Å²) in [5.41, 5.74) is 0. The minimum atomic E-state index is -0.406. The van der Waals surface area contributed by atoms with Gasteiger partial charge in [0.05, 0.1) is 44.2 Å². The Balaban J connectivity index is 0.000000575. The molecule has 0 heterocycles. The van der Waals surface area contributed by atoms with E-state index in [4.69, 9.17) is 28.4 Å². The fraction of sp³-hybridized carbons (Fsp3) is 0.909.